The molecule has 0 atom stereocenters. The lowest BCUT2D eigenvalue weighted by atomic mass is 9.93. The van der Waals surface area contributed by atoms with Crippen LogP contribution >= 0.6 is 0 Å². The third-order valence-corrected chi connectivity index (χ3v) is 5.40. The number of rotatable bonds is 4. The summed E-state index contributed by atoms with van der Waals surface area (Å²) in [4.78, 5) is 10.8. The van der Waals surface area contributed by atoms with Crippen molar-refractivity contribution in [3.8, 4) is 0 Å². The van der Waals surface area contributed by atoms with Crippen LogP contribution in [0.5, 0.6) is 0 Å². The highest BCUT2D eigenvalue weighted by Gasteiger charge is 2.35. The largest absolute Gasteiger partial charge is 0.433 e. The van der Waals surface area contributed by atoms with Gasteiger partial charge in [0.2, 0.25) is 0 Å². The molecule has 0 bridgehead atoms. The molecule has 6 nitrogen and oxygen atoms in total. The zero-order chi connectivity index (χ0) is 19.9. The lowest BCUT2D eigenvalue weighted by Crippen LogP contribution is -2.33. The number of alkyl halides is 3. The second-order valence-corrected chi connectivity index (χ2v) is 7.34. The lowest BCUT2D eigenvalue weighted by molar-refractivity contribution is -0.142. The van der Waals surface area contributed by atoms with Crippen LogP contribution in [-0.2, 0) is 19.3 Å². The van der Waals surface area contributed by atoms with Gasteiger partial charge in [0, 0.05) is 37.0 Å². The average molecular weight is 392 g/mol. The highest BCUT2D eigenvalue weighted by molar-refractivity contribution is 5.43. The first-order valence-corrected chi connectivity index (χ1v) is 9.51. The maximum absolute atomic E-state index is 13.3. The number of imidazole rings is 1. The molecule has 150 valence electrons. The van der Waals surface area contributed by atoms with Gasteiger partial charge < -0.3 is 4.57 Å². The van der Waals surface area contributed by atoms with Crippen molar-refractivity contribution in [3.05, 3.63) is 47.4 Å². The standard InChI is InChI=1S/C19H23F3N6/c1-3-27-12-23-10-15(27)11-26-6-4-14(5-7-26)16-9-18-24-13(2)8-17(19(20,21)22)28(18)25-16/h8-10,12,14H,3-7,11H2,1-2H3. The number of likely N-dealkylation sites (tertiary alicyclic amines) is 1. The van der Waals surface area contributed by atoms with Gasteiger partial charge in [-0.2, -0.15) is 18.3 Å². The van der Waals surface area contributed by atoms with E-state index in [1.54, 1.807) is 13.0 Å². The lowest BCUT2D eigenvalue weighted by Gasteiger charge is -2.31. The van der Waals surface area contributed by atoms with Crippen LogP contribution in [0.3, 0.4) is 0 Å². The first-order valence-electron chi connectivity index (χ1n) is 9.51. The molecule has 0 aliphatic carbocycles. The summed E-state index contributed by atoms with van der Waals surface area (Å²) < 4.78 is 43.1. The van der Waals surface area contributed by atoms with Crippen molar-refractivity contribution in [2.24, 2.45) is 0 Å². The molecule has 0 aromatic carbocycles. The fourth-order valence-electron chi connectivity index (χ4n) is 3.90. The first kappa shape index (κ1) is 18.9. The van der Waals surface area contributed by atoms with Gasteiger partial charge in [-0.1, -0.05) is 0 Å². The Morgan fingerprint density at radius 2 is 1.93 bits per heavy atom. The van der Waals surface area contributed by atoms with Crippen molar-refractivity contribution < 1.29 is 13.2 Å². The molecule has 0 N–H and O–H groups in total. The van der Waals surface area contributed by atoms with Crippen molar-refractivity contribution >= 4 is 5.65 Å². The second-order valence-electron chi connectivity index (χ2n) is 7.34. The molecular weight excluding hydrogens is 369 g/mol. The van der Waals surface area contributed by atoms with E-state index >= 15 is 0 Å². The maximum atomic E-state index is 13.3. The van der Waals surface area contributed by atoms with Gasteiger partial charge in [-0.25, -0.2) is 14.5 Å². The third kappa shape index (κ3) is 3.63. The summed E-state index contributed by atoms with van der Waals surface area (Å²) in [5, 5.41) is 4.27. The first-order chi connectivity index (χ1) is 13.3. The van der Waals surface area contributed by atoms with E-state index in [0.29, 0.717) is 11.4 Å². The molecule has 9 heteroatoms. The maximum Gasteiger partial charge on any atom is 0.433 e. The van der Waals surface area contributed by atoms with E-state index in [1.165, 1.54) is 5.69 Å². The Hall–Kier alpha value is -2.42. The monoisotopic (exact) mass is 392 g/mol. The molecular formula is C19H23F3N6. The van der Waals surface area contributed by atoms with Crippen LogP contribution in [0.1, 0.15) is 48.5 Å². The Balaban J connectivity index is 1.50. The number of nitrogens with zero attached hydrogens (tertiary/aromatic N) is 6. The van der Waals surface area contributed by atoms with E-state index < -0.39 is 11.9 Å². The van der Waals surface area contributed by atoms with Gasteiger partial charge in [0.05, 0.1) is 17.7 Å². The Kier molecular flexibility index (Phi) is 4.86. The second kappa shape index (κ2) is 7.20. The molecule has 4 heterocycles. The minimum absolute atomic E-state index is 0.149. The van der Waals surface area contributed by atoms with Crippen LogP contribution < -0.4 is 0 Å². The van der Waals surface area contributed by atoms with Crippen molar-refractivity contribution in [1.82, 2.24) is 29.0 Å². The molecule has 1 aliphatic heterocycles. The van der Waals surface area contributed by atoms with Crippen LogP contribution in [0, 0.1) is 6.92 Å². The molecule has 4 rings (SSSR count). The van der Waals surface area contributed by atoms with E-state index in [9.17, 15) is 13.2 Å². The molecule has 28 heavy (non-hydrogen) atoms. The summed E-state index contributed by atoms with van der Waals surface area (Å²) in [5.74, 6) is 0.149. The highest BCUT2D eigenvalue weighted by Crippen LogP contribution is 2.32. The Bertz CT molecular complexity index is 966. The Labute approximate surface area is 161 Å². The molecule has 1 aliphatic rings. The molecule has 0 radical (unpaired) electrons. The highest BCUT2D eigenvalue weighted by atomic mass is 19.4. The van der Waals surface area contributed by atoms with Crippen LogP contribution in [-0.4, -0.2) is 42.1 Å². The average Bonchev–Trinajstić information content (AvgIpc) is 3.27. The van der Waals surface area contributed by atoms with E-state index in [1.807, 2.05) is 12.5 Å². The Morgan fingerprint density at radius 1 is 1.18 bits per heavy atom. The summed E-state index contributed by atoms with van der Waals surface area (Å²) in [7, 11) is 0. The molecule has 0 amide bonds. The van der Waals surface area contributed by atoms with Gasteiger partial charge in [-0.3, -0.25) is 4.90 Å². The summed E-state index contributed by atoms with van der Waals surface area (Å²) >= 11 is 0. The number of hydrogen-bond acceptors (Lipinski definition) is 4. The fourth-order valence-corrected chi connectivity index (χ4v) is 3.90. The van der Waals surface area contributed by atoms with Crippen molar-refractivity contribution in [3.63, 3.8) is 0 Å². The van der Waals surface area contributed by atoms with Gasteiger partial charge >= 0.3 is 6.18 Å². The predicted octanol–water partition coefficient (Wildman–Crippen LogP) is 3.65. The minimum atomic E-state index is -4.46. The molecule has 3 aromatic heterocycles. The van der Waals surface area contributed by atoms with Crippen LogP contribution in [0.25, 0.3) is 5.65 Å². The third-order valence-electron chi connectivity index (χ3n) is 5.40. The van der Waals surface area contributed by atoms with Crippen LogP contribution in [0.2, 0.25) is 0 Å². The fraction of sp³-hybridized carbons (Fsp3) is 0.526. The topological polar surface area (TPSA) is 51.2 Å². The van der Waals surface area contributed by atoms with Crippen molar-refractivity contribution in [2.75, 3.05) is 13.1 Å². The van der Waals surface area contributed by atoms with E-state index in [-0.39, 0.29) is 11.6 Å². The number of aromatic nitrogens is 5. The number of aryl methyl sites for hydroxylation is 2. The zero-order valence-electron chi connectivity index (χ0n) is 15.9. The normalized spacial score (nSPS) is 16.9. The van der Waals surface area contributed by atoms with Crippen molar-refractivity contribution in [2.45, 2.75) is 51.9 Å². The SMILES string of the molecule is CCn1cncc1CN1CCC(c2cc3nc(C)cc(C(F)(F)F)n3n2)CC1. The smallest absolute Gasteiger partial charge is 0.334 e. The van der Waals surface area contributed by atoms with Gasteiger partial charge in [0.25, 0.3) is 0 Å². The summed E-state index contributed by atoms with van der Waals surface area (Å²) in [6.45, 7) is 7.15. The van der Waals surface area contributed by atoms with E-state index in [4.69, 9.17) is 0 Å². The van der Waals surface area contributed by atoms with E-state index in [2.05, 4.69) is 31.5 Å². The number of fused-ring (bicyclic) bond motifs is 1. The molecule has 0 saturated carbocycles. The molecule has 3 aromatic rings. The van der Waals surface area contributed by atoms with Crippen LogP contribution in [0.4, 0.5) is 13.2 Å². The predicted molar refractivity (Wildman–Crippen MR) is 97.9 cm³/mol. The zero-order valence-corrected chi connectivity index (χ0v) is 15.9. The van der Waals surface area contributed by atoms with Gasteiger partial charge in [0.15, 0.2) is 5.65 Å². The molecule has 1 fully saturated rings. The Morgan fingerprint density at radius 3 is 2.61 bits per heavy atom. The van der Waals surface area contributed by atoms with Gasteiger partial charge in [-0.05, 0) is 45.8 Å². The van der Waals surface area contributed by atoms with Crippen LogP contribution in [0.15, 0.2) is 24.7 Å². The number of hydrogen-bond donors (Lipinski definition) is 0. The minimum Gasteiger partial charge on any atom is -0.334 e. The number of halogens is 3. The van der Waals surface area contributed by atoms with Gasteiger partial charge in [-0.15, -0.1) is 0 Å². The molecule has 0 unspecified atom stereocenters. The summed E-state index contributed by atoms with van der Waals surface area (Å²) in [5.41, 5.74) is 1.71. The number of piperidine rings is 1. The molecule has 1 saturated heterocycles. The summed E-state index contributed by atoms with van der Waals surface area (Å²) in [6, 6.07) is 2.75. The summed E-state index contributed by atoms with van der Waals surface area (Å²) in [6.07, 6.45) is 1.01. The van der Waals surface area contributed by atoms with Gasteiger partial charge in [0.1, 0.15) is 5.69 Å². The van der Waals surface area contributed by atoms with E-state index in [0.717, 1.165) is 49.6 Å². The molecule has 0 spiro atoms. The van der Waals surface area contributed by atoms with Crippen molar-refractivity contribution in [1.29, 1.82) is 0 Å². The quantitative estimate of drug-likeness (QED) is 0.680.